The standard InChI is InChI=1S/C21H24N2O2/c24-20-10-12-23(13-11-20)19-8-5-16(6-9-19)21(25)22-18-7-4-15-2-1-3-17(15)14-18/h4-9,14,20,24H,1-3,10-13H2,(H,22,25). The Bertz CT molecular complexity index is 762. The number of aliphatic hydroxyl groups is 1. The first-order valence-electron chi connectivity index (χ1n) is 9.15. The molecule has 4 nitrogen and oxygen atoms in total. The first-order valence-corrected chi connectivity index (χ1v) is 9.15. The zero-order chi connectivity index (χ0) is 17.2. The van der Waals surface area contributed by atoms with Crippen molar-refractivity contribution < 1.29 is 9.90 Å². The molecule has 25 heavy (non-hydrogen) atoms. The second kappa shape index (κ2) is 6.89. The van der Waals surface area contributed by atoms with Crippen LogP contribution in [0.15, 0.2) is 42.5 Å². The molecule has 4 heteroatoms. The van der Waals surface area contributed by atoms with Crippen molar-refractivity contribution in [3.8, 4) is 0 Å². The van der Waals surface area contributed by atoms with Crippen LogP contribution in [0.4, 0.5) is 11.4 Å². The lowest BCUT2D eigenvalue weighted by Gasteiger charge is -2.31. The molecule has 2 N–H and O–H groups in total. The number of benzene rings is 2. The Labute approximate surface area is 148 Å². The number of rotatable bonds is 3. The van der Waals surface area contributed by atoms with Gasteiger partial charge in [-0.15, -0.1) is 0 Å². The number of carbonyl (C=O) groups is 1. The third kappa shape index (κ3) is 3.54. The van der Waals surface area contributed by atoms with Crippen LogP contribution in [0.1, 0.15) is 40.7 Å². The van der Waals surface area contributed by atoms with Gasteiger partial charge in [0.1, 0.15) is 0 Å². The van der Waals surface area contributed by atoms with Gasteiger partial charge < -0.3 is 15.3 Å². The van der Waals surface area contributed by atoms with Crippen LogP contribution in [-0.2, 0) is 12.8 Å². The number of piperidine rings is 1. The number of nitrogens with zero attached hydrogens (tertiary/aromatic N) is 1. The van der Waals surface area contributed by atoms with Crippen molar-refractivity contribution in [2.24, 2.45) is 0 Å². The average Bonchev–Trinajstić information content (AvgIpc) is 3.10. The van der Waals surface area contributed by atoms with Crippen molar-refractivity contribution >= 4 is 17.3 Å². The Balaban J connectivity index is 1.42. The fourth-order valence-corrected chi connectivity index (χ4v) is 3.80. The molecule has 4 rings (SSSR count). The van der Waals surface area contributed by atoms with Gasteiger partial charge >= 0.3 is 0 Å². The summed E-state index contributed by atoms with van der Waals surface area (Å²) in [5.41, 5.74) is 5.43. The van der Waals surface area contributed by atoms with Gasteiger partial charge in [0.05, 0.1) is 6.10 Å². The first-order chi connectivity index (χ1) is 12.2. The van der Waals surface area contributed by atoms with E-state index in [4.69, 9.17) is 0 Å². The van der Waals surface area contributed by atoms with Gasteiger partial charge in [0.25, 0.3) is 5.91 Å². The summed E-state index contributed by atoms with van der Waals surface area (Å²) in [4.78, 5) is 14.7. The van der Waals surface area contributed by atoms with Gasteiger partial charge in [-0.3, -0.25) is 4.79 Å². The Morgan fingerprint density at radius 1 is 1.00 bits per heavy atom. The quantitative estimate of drug-likeness (QED) is 0.903. The molecule has 130 valence electrons. The summed E-state index contributed by atoms with van der Waals surface area (Å²) in [6, 6.07) is 14.0. The maximum atomic E-state index is 12.5. The summed E-state index contributed by atoms with van der Waals surface area (Å²) >= 11 is 0. The lowest BCUT2D eigenvalue weighted by atomic mass is 10.1. The molecule has 1 aliphatic heterocycles. The van der Waals surface area contributed by atoms with Crippen molar-refractivity contribution in [1.82, 2.24) is 0 Å². The third-order valence-electron chi connectivity index (χ3n) is 5.32. The fourth-order valence-electron chi connectivity index (χ4n) is 3.80. The summed E-state index contributed by atoms with van der Waals surface area (Å²) in [7, 11) is 0. The highest BCUT2D eigenvalue weighted by molar-refractivity contribution is 6.04. The van der Waals surface area contributed by atoms with Crippen molar-refractivity contribution in [2.75, 3.05) is 23.3 Å². The Morgan fingerprint density at radius 2 is 1.72 bits per heavy atom. The summed E-state index contributed by atoms with van der Waals surface area (Å²) in [5.74, 6) is -0.0708. The molecular formula is C21H24N2O2. The highest BCUT2D eigenvalue weighted by Gasteiger charge is 2.17. The molecule has 1 heterocycles. The molecule has 2 aliphatic rings. The summed E-state index contributed by atoms with van der Waals surface area (Å²) in [5, 5.41) is 12.6. The summed E-state index contributed by atoms with van der Waals surface area (Å²) in [6.07, 6.45) is 4.91. The van der Waals surface area contributed by atoms with E-state index in [0.717, 1.165) is 50.1 Å². The minimum atomic E-state index is -0.173. The van der Waals surface area contributed by atoms with Crippen LogP contribution in [0.2, 0.25) is 0 Å². The second-order valence-corrected chi connectivity index (χ2v) is 7.06. The summed E-state index contributed by atoms with van der Waals surface area (Å²) in [6.45, 7) is 1.73. The number of aliphatic hydroxyl groups excluding tert-OH is 1. The largest absolute Gasteiger partial charge is 0.393 e. The van der Waals surface area contributed by atoms with Crippen molar-refractivity contribution in [2.45, 2.75) is 38.2 Å². The van der Waals surface area contributed by atoms with Crippen LogP contribution < -0.4 is 10.2 Å². The monoisotopic (exact) mass is 336 g/mol. The molecule has 1 aliphatic carbocycles. The molecule has 1 amide bonds. The number of aryl methyl sites for hydroxylation is 2. The highest BCUT2D eigenvalue weighted by Crippen LogP contribution is 2.25. The minimum Gasteiger partial charge on any atom is -0.393 e. The topological polar surface area (TPSA) is 52.6 Å². The molecule has 0 aromatic heterocycles. The Kier molecular flexibility index (Phi) is 4.45. The molecule has 2 aromatic rings. The summed E-state index contributed by atoms with van der Waals surface area (Å²) < 4.78 is 0. The predicted octanol–water partition coefficient (Wildman–Crippen LogP) is 3.39. The van der Waals surface area contributed by atoms with E-state index in [9.17, 15) is 9.90 Å². The maximum Gasteiger partial charge on any atom is 0.255 e. The Hall–Kier alpha value is -2.33. The van der Waals surface area contributed by atoms with E-state index in [-0.39, 0.29) is 12.0 Å². The van der Waals surface area contributed by atoms with Gasteiger partial charge in [-0.1, -0.05) is 6.07 Å². The number of hydrogen-bond acceptors (Lipinski definition) is 3. The van der Waals surface area contributed by atoms with Crippen molar-refractivity contribution in [3.05, 3.63) is 59.2 Å². The maximum absolute atomic E-state index is 12.5. The van der Waals surface area contributed by atoms with E-state index in [0.29, 0.717) is 5.56 Å². The van der Waals surface area contributed by atoms with Crippen LogP contribution in [-0.4, -0.2) is 30.2 Å². The smallest absolute Gasteiger partial charge is 0.255 e. The van der Waals surface area contributed by atoms with Crippen LogP contribution in [0.5, 0.6) is 0 Å². The number of nitrogens with one attached hydrogen (secondary N) is 1. The van der Waals surface area contributed by atoms with Gasteiger partial charge in [0, 0.05) is 30.0 Å². The molecule has 2 aromatic carbocycles. The van der Waals surface area contributed by atoms with E-state index in [1.807, 2.05) is 30.3 Å². The number of hydrogen-bond donors (Lipinski definition) is 2. The SMILES string of the molecule is O=C(Nc1ccc2c(c1)CCC2)c1ccc(N2CCC(O)CC2)cc1. The van der Waals surface area contributed by atoms with Crippen LogP contribution in [0.3, 0.4) is 0 Å². The minimum absolute atomic E-state index is 0.0708. The van der Waals surface area contributed by atoms with Crippen molar-refractivity contribution in [1.29, 1.82) is 0 Å². The molecule has 1 saturated heterocycles. The Morgan fingerprint density at radius 3 is 2.48 bits per heavy atom. The lowest BCUT2D eigenvalue weighted by molar-refractivity contribution is 0.102. The molecule has 0 atom stereocenters. The van der Waals surface area contributed by atoms with E-state index in [2.05, 4.69) is 22.3 Å². The third-order valence-corrected chi connectivity index (χ3v) is 5.32. The van der Waals surface area contributed by atoms with E-state index < -0.39 is 0 Å². The molecule has 0 bridgehead atoms. The van der Waals surface area contributed by atoms with Gasteiger partial charge in [0.15, 0.2) is 0 Å². The van der Waals surface area contributed by atoms with Gasteiger partial charge in [-0.2, -0.15) is 0 Å². The predicted molar refractivity (Wildman–Crippen MR) is 100 cm³/mol. The van der Waals surface area contributed by atoms with Crippen LogP contribution in [0.25, 0.3) is 0 Å². The first kappa shape index (κ1) is 16.2. The lowest BCUT2D eigenvalue weighted by Crippen LogP contribution is -2.35. The number of amides is 1. The molecule has 0 spiro atoms. The normalized spacial score (nSPS) is 17.4. The number of anilines is 2. The number of fused-ring (bicyclic) bond motifs is 1. The molecule has 0 radical (unpaired) electrons. The van der Waals surface area contributed by atoms with E-state index in [1.165, 1.54) is 17.5 Å². The van der Waals surface area contributed by atoms with Crippen LogP contribution >= 0.6 is 0 Å². The average molecular weight is 336 g/mol. The second-order valence-electron chi connectivity index (χ2n) is 7.06. The zero-order valence-corrected chi connectivity index (χ0v) is 14.4. The number of carbonyl (C=O) groups excluding carboxylic acids is 1. The van der Waals surface area contributed by atoms with Gasteiger partial charge in [-0.25, -0.2) is 0 Å². The van der Waals surface area contributed by atoms with Gasteiger partial charge in [0.2, 0.25) is 0 Å². The fraction of sp³-hybridized carbons (Fsp3) is 0.381. The zero-order valence-electron chi connectivity index (χ0n) is 14.4. The molecule has 0 unspecified atom stereocenters. The van der Waals surface area contributed by atoms with E-state index in [1.54, 1.807) is 0 Å². The van der Waals surface area contributed by atoms with Gasteiger partial charge in [-0.05, 0) is 79.6 Å². The molecular weight excluding hydrogens is 312 g/mol. The van der Waals surface area contributed by atoms with Crippen molar-refractivity contribution in [3.63, 3.8) is 0 Å². The van der Waals surface area contributed by atoms with E-state index >= 15 is 0 Å². The highest BCUT2D eigenvalue weighted by atomic mass is 16.3. The molecule has 0 saturated carbocycles. The molecule has 1 fully saturated rings. The van der Waals surface area contributed by atoms with Crippen LogP contribution in [0, 0.1) is 0 Å².